The van der Waals surface area contributed by atoms with Crippen molar-refractivity contribution in [3.05, 3.63) is 35.4 Å². The number of sulfone groups is 1. The van der Waals surface area contributed by atoms with Gasteiger partial charge in [0.15, 0.2) is 0 Å². The molecule has 1 aromatic carbocycles. The van der Waals surface area contributed by atoms with Crippen molar-refractivity contribution in [2.45, 2.75) is 39.2 Å². The minimum Gasteiger partial charge on any atom is -0.310 e. The second-order valence-electron chi connectivity index (χ2n) is 5.19. The lowest BCUT2D eigenvalue weighted by molar-refractivity contribution is 0.492. The molecule has 1 atom stereocenters. The summed E-state index contributed by atoms with van der Waals surface area (Å²) in [6, 6.07) is 8.68. The molecule has 1 aromatic rings. The highest BCUT2D eigenvalue weighted by atomic mass is 32.2. The number of nitrogens with one attached hydrogen (secondary N) is 1. The molecule has 0 spiro atoms. The van der Waals surface area contributed by atoms with Crippen molar-refractivity contribution in [2.75, 3.05) is 18.6 Å². The highest BCUT2D eigenvalue weighted by Gasteiger charge is 2.12. The van der Waals surface area contributed by atoms with Crippen LogP contribution in [0.4, 0.5) is 0 Å². The highest BCUT2D eigenvalue weighted by molar-refractivity contribution is 7.90. The summed E-state index contributed by atoms with van der Waals surface area (Å²) in [7, 11) is -2.86. The van der Waals surface area contributed by atoms with Crippen LogP contribution in [0, 0.1) is 6.92 Å². The van der Waals surface area contributed by atoms with Gasteiger partial charge in [-0.05, 0) is 38.3 Å². The van der Waals surface area contributed by atoms with Gasteiger partial charge in [0.05, 0.1) is 0 Å². The Kier molecular flexibility index (Phi) is 6.52. The standard InChI is InChI=1S/C15H25NO2S/c1-4-10-16-15(9-6-11-19(3,17)18)14-8-5-7-13(2)12-14/h5,7-8,12,15-16H,4,6,9-11H2,1-3H3. The van der Waals surface area contributed by atoms with E-state index in [0.717, 1.165) is 19.4 Å². The summed E-state index contributed by atoms with van der Waals surface area (Å²) in [6.07, 6.45) is 3.94. The SMILES string of the molecule is CCCNC(CCCS(C)(=O)=O)c1cccc(C)c1. The van der Waals surface area contributed by atoms with Crippen LogP contribution in [-0.2, 0) is 9.84 Å². The van der Waals surface area contributed by atoms with Crippen LogP contribution >= 0.6 is 0 Å². The van der Waals surface area contributed by atoms with Gasteiger partial charge in [0, 0.05) is 18.1 Å². The lowest BCUT2D eigenvalue weighted by Crippen LogP contribution is -2.23. The van der Waals surface area contributed by atoms with Crippen molar-refractivity contribution in [2.24, 2.45) is 0 Å². The molecule has 0 aliphatic rings. The maximum absolute atomic E-state index is 11.2. The summed E-state index contributed by atoms with van der Waals surface area (Å²) in [4.78, 5) is 0. The zero-order valence-corrected chi connectivity index (χ0v) is 13.0. The fraction of sp³-hybridized carbons (Fsp3) is 0.600. The minimum atomic E-state index is -2.86. The van der Waals surface area contributed by atoms with Crippen molar-refractivity contribution < 1.29 is 8.42 Å². The first-order valence-electron chi connectivity index (χ1n) is 6.90. The average Bonchev–Trinajstić information content (AvgIpc) is 2.32. The molecular weight excluding hydrogens is 258 g/mol. The van der Waals surface area contributed by atoms with Gasteiger partial charge in [0.1, 0.15) is 9.84 Å². The Morgan fingerprint density at radius 2 is 2.05 bits per heavy atom. The van der Waals surface area contributed by atoms with E-state index in [1.54, 1.807) is 0 Å². The normalized spacial score (nSPS) is 13.4. The topological polar surface area (TPSA) is 46.2 Å². The van der Waals surface area contributed by atoms with E-state index in [1.807, 2.05) is 0 Å². The fourth-order valence-electron chi connectivity index (χ4n) is 2.14. The Bertz CT molecular complexity index is 483. The summed E-state index contributed by atoms with van der Waals surface area (Å²) in [5.41, 5.74) is 2.49. The van der Waals surface area contributed by atoms with Crippen molar-refractivity contribution in [1.29, 1.82) is 0 Å². The zero-order valence-electron chi connectivity index (χ0n) is 12.1. The number of aryl methyl sites for hydroxylation is 1. The predicted octanol–water partition coefficient (Wildman–Crippen LogP) is 2.86. The van der Waals surface area contributed by atoms with E-state index in [1.165, 1.54) is 17.4 Å². The average molecular weight is 283 g/mol. The first-order chi connectivity index (χ1) is 8.92. The van der Waals surface area contributed by atoms with E-state index in [0.29, 0.717) is 6.42 Å². The van der Waals surface area contributed by atoms with Crippen LogP contribution < -0.4 is 5.32 Å². The van der Waals surface area contributed by atoms with Crippen LogP contribution in [0.25, 0.3) is 0 Å². The number of rotatable bonds is 8. The molecular formula is C15H25NO2S. The Labute approximate surface area is 117 Å². The second-order valence-corrected chi connectivity index (χ2v) is 7.45. The largest absolute Gasteiger partial charge is 0.310 e. The molecule has 108 valence electrons. The van der Waals surface area contributed by atoms with Gasteiger partial charge in [-0.3, -0.25) is 0 Å². The maximum atomic E-state index is 11.2. The highest BCUT2D eigenvalue weighted by Crippen LogP contribution is 2.20. The Morgan fingerprint density at radius 1 is 1.32 bits per heavy atom. The van der Waals surface area contributed by atoms with Crippen molar-refractivity contribution in [1.82, 2.24) is 5.32 Å². The van der Waals surface area contributed by atoms with Crippen molar-refractivity contribution in [3.8, 4) is 0 Å². The Balaban J connectivity index is 2.66. The molecule has 0 fully saturated rings. The van der Waals surface area contributed by atoms with E-state index < -0.39 is 9.84 Å². The molecule has 1 rings (SSSR count). The quantitative estimate of drug-likeness (QED) is 0.798. The van der Waals surface area contributed by atoms with Gasteiger partial charge in [-0.25, -0.2) is 8.42 Å². The lowest BCUT2D eigenvalue weighted by atomic mass is 10.0. The molecule has 0 saturated carbocycles. The fourth-order valence-corrected chi connectivity index (χ4v) is 2.83. The van der Waals surface area contributed by atoms with Gasteiger partial charge in [0.25, 0.3) is 0 Å². The smallest absolute Gasteiger partial charge is 0.147 e. The molecule has 0 aliphatic carbocycles. The van der Waals surface area contributed by atoms with Crippen LogP contribution in [0.1, 0.15) is 43.4 Å². The molecule has 0 bridgehead atoms. The van der Waals surface area contributed by atoms with E-state index >= 15 is 0 Å². The molecule has 3 nitrogen and oxygen atoms in total. The molecule has 0 aliphatic heterocycles. The summed E-state index contributed by atoms with van der Waals surface area (Å²) in [5.74, 6) is 0.267. The first kappa shape index (κ1) is 16.2. The van der Waals surface area contributed by atoms with Gasteiger partial charge in [0.2, 0.25) is 0 Å². The molecule has 0 saturated heterocycles. The van der Waals surface area contributed by atoms with Crippen molar-refractivity contribution >= 4 is 9.84 Å². The van der Waals surface area contributed by atoms with E-state index in [9.17, 15) is 8.42 Å². The number of benzene rings is 1. The zero-order chi connectivity index (χ0) is 14.3. The molecule has 1 N–H and O–H groups in total. The first-order valence-corrected chi connectivity index (χ1v) is 8.96. The molecule has 0 amide bonds. The predicted molar refractivity (Wildman–Crippen MR) is 81.2 cm³/mol. The second kappa shape index (κ2) is 7.65. The molecule has 19 heavy (non-hydrogen) atoms. The van der Waals surface area contributed by atoms with Crippen molar-refractivity contribution in [3.63, 3.8) is 0 Å². The van der Waals surface area contributed by atoms with Crippen LogP contribution in [0.15, 0.2) is 24.3 Å². The minimum absolute atomic E-state index is 0.251. The van der Waals surface area contributed by atoms with E-state index in [4.69, 9.17) is 0 Å². The van der Waals surface area contributed by atoms with Gasteiger partial charge in [-0.1, -0.05) is 36.8 Å². The van der Waals surface area contributed by atoms with Crippen LogP contribution in [0.2, 0.25) is 0 Å². The van der Waals surface area contributed by atoms with Crippen LogP contribution in [0.5, 0.6) is 0 Å². The third-order valence-corrected chi connectivity index (χ3v) is 4.12. The van der Waals surface area contributed by atoms with Gasteiger partial charge in [-0.15, -0.1) is 0 Å². The van der Waals surface area contributed by atoms with E-state index in [2.05, 4.69) is 43.4 Å². The summed E-state index contributed by atoms with van der Waals surface area (Å²) in [6.45, 7) is 5.17. The molecule has 0 aromatic heterocycles. The van der Waals surface area contributed by atoms with E-state index in [-0.39, 0.29) is 11.8 Å². The lowest BCUT2D eigenvalue weighted by Gasteiger charge is -2.19. The van der Waals surface area contributed by atoms with Gasteiger partial charge >= 0.3 is 0 Å². The summed E-state index contributed by atoms with van der Waals surface area (Å²) in [5, 5.41) is 3.50. The number of hydrogen-bond donors (Lipinski definition) is 1. The molecule has 4 heteroatoms. The van der Waals surface area contributed by atoms with Crippen LogP contribution in [0.3, 0.4) is 0 Å². The third-order valence-electron chi connectivity index (χ3n) is 3.09. The van der Waals surface area contributed by atoms with Gasteiger partial charge < -0.3 is 5.32 Å². The molecule has 1 unspecified atom stereocenters. The Hall–Kier alpha value is -0.870. The van der Waals surface area contributed by atoms with Crippen LogP contribution in [-0.4, -0.2) is 27.0 Å². The summed E-state index contributed by atoms with van der Waals surface area (Å²) < 4.78 is 22.4. The Morgan fingerprint density at radius 3 is 2.63 bits per heavy atom. The third kappa shape index (κ3) is 6.73. The number of hydrogen-bond acceptors (Lipinski definition) is 3. The summed E-state index contributed by atoms with van der Waals surface area (Å²) >= 11 is 0. The molecule has 0 heterocycles. The van der Waals surface area contributed by atoms with Gasteiger partial charge in [-0.2, -0.15) is 0 Å². The molecule has 0 radical (unpaired) electrons. The monoisotopic (exact) mass is 283 g/mol. The maximum Gasteiger partial charge on any atom is 0.147 e.